The summed E-state index contributed by atoms with van der Waals surface area (Å²) in [6, 6.07) is 8.29. The smallest absolute Gasteiger partial charge is 0.429 e. The molecular formula is C14H15NO5S. The van der Waals surface area contributed by atoms with Gasteiger partial charge in [-0.3, -0.25) is 4.79 Å². The summed E-state index contributed by atoms with van der Waals surface area (Å²) in [5.41, 5.74) is 0.840. The van der Waals surface area contributed by atoms with E-state index in [4.69, 9.17) is 8.92 Å². The Labute approximate surface area is 126 Å². The van der Waals surface area contributed by atoms with E-state index in [0.717, 1.165) is 22.5 Å². The average Bonchev–Trinajstić information content (AvgIpc) is 2.49. The van der Waals surface area contributed by atoms with Crippen LogP contribution in [0.3, 0.4) is 0 Å². The molecule has 1 aliphatic rings. The van der Waals surface area contributed by atoms with Crippen LogP contribution in [-0.4, -0.2) is 34.7 Å². The molecule has 0 spiro atoms. The Morgan fingerprint density at radius 2 is 2.05 bits per heavy atom. The van der Waals surface area contributed by atoms with Gasteiger partial charge in [0.25, 0.3) is 0 Å². The molecule has 1 aliphatic heterocycles. The third kappa shape index (κ3) is 3.75. The molecule has 0 aliphatic carbocycles. The molecule has 0 aromatic heterocycles. The van der Waals surface area contributed by atoms with Crippen LogP contribution >= 0.6 is 12.0 Å². The minimum absolute atomic E-state index is 0.0283. The van der Waals surface area contributed by atoms with Crippen LogP contribution in [0, 0.1) is 0 Å². The molecule has 1 aromatic carbocycles. The second-order valence-electron chi connectivity index (χ2n) is 4.33. The third-order valence-corrected chi connectivity index (χ3v) is 3.39. The molecule has 0 radical (unpaired) electrons. The number of benzene rings is 1. The molecule has 6 nitrogen and oxygen atoms in total. The molecular weight excluding hydrogens is 294 g/mol. The first kappa shape index (κ1) is 15.4. The van der Waals surface area contributed by atoms with E-state index in [9.17, 15) is 14.4 Å². The number of imide groups is 1. The molecule has 7 heteroatoms. The van der Waals surface area contributed by atoms with Crippen molar-refractivity contribution in [3.05, 3.63) is 35.9 Å². The van der Waals surface area contributed by atoms with E-state index in [1.807, 2.05) is 37.3 Å². The fraction of sp³-hybridized carbons (Fsp3) is 0.357. The summed E-state index contributed by atoms with van der Waals surface area (Å²) in [4.78, 5) is 35.8. The van der Waals surface area contributed by atoms with E-state index in [-0.39, 0.29) is 13.0 Å². The molecule has 1 fully saturated rings. The second-order valence-corrected chi connectivity index (χ2v) is 5.31. The molecule has 1 saturated heterocycles. The van der Waals surface area contributed by atoms with Crippen molar-refractivity contribution in [2.24, 2.45) is 0 Å². The number of nitrogens with zero attached hydrogens (tertiary/aromatic N) is 1. The van der Waals surface area contributed by atoms with Crippen LogP contribution in [0.5, 0.6) is 0 Å². The number of ether oxygens (including phenoxy) is 1. The van der Waals surface area contributed by atoms with Crippen molar-refractivity contribution >= 4 is 30.0 Å². The van der Waals surface area contributed by atoms with Crippen molar-refractivity contribution in [2.75, 3.05) is 5.75 Å². The zero-order valence-corrected chi connectivity index (χ0v) is 12.3. The van der Waals surface area contributed by atoms with Gasteiger partial charge in [0.05, 0.1) is 18.5 Å². The first-order chi connectivity index (χ1) is 10.1. The second kappa shape index (κ2) is 7.12. The number of rotatable bonds is 5. The van der Waals surface area contributed by atoms with Gasteiger partial charge in [0, 0.05) is 5.75 Å². The highest BCUT2D eigenvalue weighted by Gasteiger charge is 2.47. The Balaban J connectivity index is 1.87. The maximum Gasteiger partial charge on any atom is 0.429 e. The summed E-state index contributed by atoms with van der Waals surface area (Å²) >= 11 is 0.924. The zero-order valence-electron chi connectivity index (χ0n) is 11.5. The topological polar surface area (TPSA) is 72.9 Å². The van der Waals surface area contributed by atoms with Gasteiger partial charge in [-0.05, 0) is 5.56 Å². The van der Waals surface area contributed by atoms with Crippen LogP contribution in [0.2, 0.25) is 0 Å². The van der Waals surface area contributed by atoms with Gasteiger partial charge in [-0.15, -0.1) is 0 Å². The van der Waals surface area contributed by atoms with E-state index >= 15 is 0 Å². The Kier molecular flexibility index (Phi) is 5.21. The third-order valence-electron chi connectivity index (χ3n) is 2.89. The summed E-state index contributed by atoms with van der Waals surface area (Å²) in [5.74, 6) is -0.466. The number of β-lactam (4-membered cyclic amide) rings is 1. The molecule has 0 N–H and O–H groups in total. The zero-order chi connectivity index (χ0) is 15.2. The molecule has 1 atom stereocenters. The lowest BCUT2D eigenvalue weighted by molar-refractivity contribution is -0.163. The number of carbonyl (C=O) groups excluding carboxylic acids is 3. The van der Waals surface area contributed by atoms with Gasteiger partial charge in [-0.1, -0.05) is 37.3 Å². The average molecular weight is 309 g/mol. The molecule has 1 aromatic rings. The van der Waals surface area contributed by atoms with Gasteiger partial charge in [-0.25, -0.2) is 14.5 Å². The summed E-state index contributed by atoms with van der Waals surface area (Å²) < 4.78 is 9.90. The monoisotopic (exact) mass is 309 g/mol. The Bertz CT molecular complexity index is 533. The normalized spacial score (nSPS) is 17.1. The number of likely N-dealkylation sites (tertiary alicyclic amines) is 1. The van der Waals surface area contributed by atoms with Gasteiger partial charge in [0.15, 0.2) is 0 Å². The Morgan fingerprint density at radius 3 is 2.67 bits per heavy atom. The summed E-state index contributed by atoms with van der Waals surface area (Å²) in [7, 11) is 0. The van der Waals surface area contributed by atoms with Crippen molar-refractivity contribution in [3.8, 4) is 0 Å². The van der Waals surface area contributed by atoms with Gasteiger partial charge in [0.2, 0.25) is 5.91 Å². The quantitative estimate of drug-likeness (QED) is 0.471. The van der Waals surface area contributed by atoms with E-state index in [2.05, 4.69) is 0 Å². The van der Waals surface area contributed by atoms with Crippen molar-refractivity contribution in [2.45, 2.75) is 26.0 Å². The lowest BCUT2D eigenvalue weighted by Gasteiger charge is -2.35. The molecule has 0 saturated carbocycles. The molecule has 1 unspecified atom stereocenters. The lowest BCUT2D eigenvalue weighted by Crippen LogP contribution is -2.59. The highest BCUT2D eigenvalue weighted by molar-refractivity contribution is 7.95. The standard InChI is InChI=1S/C14H15NO5S/c1-2-21-20-14(18)15-11(8-12(15)16)13(17)19-9-10-6-4-3-5-7-10/h3-7,11H,2,8-9H2,1H3. The van der Waals surface area contributed by atoms with E-state index < -0.39 is 24.0 Å². The van der Waals surface area contributed by atoms with Crippen LogP contribution in [0.4, 0.5) is 4.79 Å². The maximum absolute atomic E-state index is 11.9. The highest BCUT2D eigenvalue weighted by Crippen LogP contribution is 2.23. The molecule has 2 amide bonds. The van der Waals surface area contributed by atoms with Crippen LogP contribution in [0.25, 0.3) is 0 Å². The fourth-order valence-electron chi connectivity index (χ4n) is 1.81. The maximum atomic E-state index is 11.9. The minimum atomic E-state index is -0.883. The van der Waals surface area contributed by atoms with E-state index in [0.29, 0.717) is 5.75 Å². The van der Waals surface area contributed by atoms with Crippen LogP contribution in [0.15, 0.2) is 30.3 Å². The minimum Gasteiger partial charge on any atom is -0.459 e. The Hall–Kier alpha value is -2.02. The summed E-state index contributed by atoms with van der Waals surface area (Å²) in [6.45, 7) is 1.92. The molecule has 0 bridgehead atoms. The molecule has 112 valence electrons. The molecule has 2 rings (SSSR count). The largest absolute Gasteiger partial charge is 0.459 e. The van der Waals surface area contributed by atoms with Crippen LogP contribution < -0.4 is 0 Å². The number of hydrogen-bond acceptors (Lipinski definition) is 6. The SMILES string of the molecule is CCSOC(=O)N1C(=O)CC1C(=O)OCc1ccccc1. The number of amides is 2. The summed E-state index contributed by atoms with van der Waals surface area (Å²) in [6.07, 6.45) is -0.848. The lowest BCUT2D eigenvalue weighted by atomic mass is 10.0. The van der Waals surface area contributed by atoms with E-state index in [1.54, 1.807) is 0 Å². The fourth-order valence-corrected chi connectivity index (χ4v) is 2.11. The number of hydrogen-bond donors (Lipinski definition) is 0. The number of esters is 1. The first-order valence-corrected chi connectivity index (χ1v) is 7.40. The first-order valence-electron chi connectivity index (χ1n) is 6.49. The van der Waals surface area contributed by atoms with Crippen molar-refractivity contribution in [1.29, 1.82) is 0 Å². The van der Waals surface area contributed by atoms with Crippen LogP contribution in [0.1, 0.15) is 18.9 Å². The van der Waals surface area contributed by atoms with Crippen molar-refractivity contribution in [3.63, 3.8) is 0 Å². The predicted octanol–water partition coefficient (Wildman–Crippen LogP) is 2.14. The Morgan fingerprint density at radius 1 is 1.33 bits per heavy atom. The summed E-state index contributed by atoms with van der Waals surface area (Å²) in [5, 5.41) is 0. The van der Waals surface area contributed by atoms with Crippen LogP contribution in [-0.2, 0) is 25.1 Å². The van der Waals surface area contributed by atoms with E-state index in [1.165, 1.54) is 0 Å². The van der Waals surface area contributed by atoms with Gasteiger partial charge in [0.1, 0.15) is 12.6 Å². The van der Waals surface area contributed by atoms with Gasteiger partial charge in [-0.2, -0.15) is 0 Å². The van der Waals surface area contributed by atoms with Gasteiger partial charge < -0.3 is 8.92 Å². The van der Waals surface area contributed by atoms with Crippen molar-refractivity contribution < 1.29 is 23.3 Å². The molecule has 21 heavy (non-hydrogen) atoms. The predicted molar refractivity (Wildman–Crippen MR) is 76.1 cm³/mol. The van der Waals surface area contributed by atoms with Gasteiger partial charge >= 0.3 is 12.1 Å². The highest BCUT2D eigenvalue weighted by atomic mass is 32.2. The number of carbonyl (C=O) groups is 3. The molecule has 1 heterocycles. The van der Waals surface area contributed by atoms with Crippen molar-refractivity contribution in [1.82, 2.24) is 4.90 Å².